The molecule has 0 spiro atoms. The molecular formula is C14H24N4O. The van der Waals surface area contributed by atoms with Crippen molar-refractivity contribution in [2.75, 3.05) is 19.6 Å². The van der Waals surface area contributed by atoms with E-state index >= 15 is 0 Å². The zero-order chi connectivity index (χ0) is 13.2. The molecule has 1 N–H and O–H groups in total. The molecule has 3 atom stereocenters. The lowest BCUT2D eigenvalue weighted by Crippen LogP contribution is -2.32. The van der Waals surface area contributed by atoms with Crippen LogP contribution in [0.25, 0.3) is 0 Å². The van der Waals surface area contributed by atoms with Crippen LogP contribution in [0.5, 0.6) is 0 Å². The van der Waals surface area contributed by atoms with Gasteiger partial charge < -0.3 is 9.84 Å². The zero-order valence-corrected chi connectivity index (χ0v) is 11.9. The Morgan fingerprint density at radius 3 is 3.11 bits per heavy atom. The molecule has 0 aliphatic carbocycles. The molecule has 5 nitrogen and oxygen atoms in total. The van der Waals surface area contributed by atoms with Crippen LogP contribution in [0, 0.1) is 11.8 Å². The summed E-state index contributed by atoms with van der Waals surface area (Å²) in [6.07, 6.45) is 3.24. The summed E-state index contributed by atoms with van der Waals surface area (Å²) in [4.78, 5) is 7.00. The van der Waals surface area contributed by atoms with Crippen LogP contribution in [0.4, 0.5) is 0 Å². The molecule has 2 aliphatic heterocycles. The molecule has 0 bridgehead atoms. The van der Waals surface area contributed by atoms with Crippen LogP contribution >= 0.6 is 0 Å². The molecule has 1 aromatic rings. The summed E-state index contributed by atoms with van der Waals surface area (Å²) in [7, 11) is 0. The summed E-state index contributed by atoms with van der Waals surface area (Å²) < 4.78 is 5.38. The Morgan fingerprint density at radius 1 is 1.42 bits per heavy atom. The van der Waals surface area contributed by atoms with Crippen LogP contribution in [-0.4, -0.2) is 40.7 Å². The van der Waals surface area contributed by atoms with Crippen molar-refractivity contribution in [3.05, 3.63) is 11.7 Å². The second kappa shape index (κ2) is 5.59. The Kier molecular flexibility index (Phi) is 3.84. The highest BCUT2D eigenvalue weighted by atomic mass is 16.5. The Balaban J connectivity index is 1.58. The lowest BCUT2D eigenvalue weighted by molar-refractivity contribution is 0.200. The molecule has 3 unspecified atom stereocenters. The Labute approximate surface area is 114 Å². The maximum atomic E-state index is 5.38. The van der Waals surface area contributed by atoms with Gasteiger partial charge in [0.05, 0.1) is 6.54 Å². The Bertz CT molecular complexity index is 419. The first-order valence-electron chi connectivity index (χ1n) is 7.54. The summed E-state index contributed by atoms with van der Waals surface area (Å²) in [5.74, 6) is 3.25. The van der Waals surface area contributed by atoms with Crippen LogP contribution in [0.2, 0.25) is 0 Å². The minimum absolute atomic E-state index is 0.617. The molecule has 0 radical (unpaired) electrons. The molecule has 0 amide bonds. The third-order valence-electron chi connectivity index (χ3n) is 4.66. The third kappa shape index (κ3) is 2.67. The number of unbranched alkanes of at least 4 members (excludes halogenated alkanes) is 1. The second-order valence-electron chi connectivity index (χ2n) is 5.96. The SMILES string of the molecule is CCCCc1noc(CN2CC3CNCC3C2C)n1. The van der Waals surface area contributed by atoms with Gasteiger partial charge in [-0.3, -0.25) is 4.90 Å². The largest absolute Gasteiger partial charge is 0.338 e. The fourth-order valence-corrected chi connectivity index (χ4v) is 3.43. The van der Waals surface area contributed by atoms with E-state index in [4.69, 9.17) is 4.52 Å². The number of aryl methyl sites for hydroxylation is 1. The number of likely N-dealkylation sites (tertiary alicyclic amines) is 1. The van der Waals surface area contributed by atoms with E-state index in [-0.39, 0.29) is 0 Å². The summed E-state index contributed by atoms with van der Waals surface area (Å²) in [5.41, 5.74) is 0. The maximum absolute atomic E-state index is 5.38. The minimum atomic E-state index is 0.617. The summed E-state index contributed by atoms with van der Waals surface area (Å²) in [5, 5.41) is 7.56. The summed E-state index contributed by atoms with van der Waals surface area (Å²) >= 11 is 0. The van der Waals surface area contributed by atoms with Crippen molar-refractivity contribution in [2.24, 2.45) is 11.8 Å². The molecule has 2 aliphatic rings. The van der Waals surface area contributed by atoms with Crippen molar-refractivity contribution in [1.29, 1.82) is 0 Å². The van der Waals surface area contributed by atoms with Gasteiger partial charge in [0.1, 0.15) is 0 Å². The fraction of sp³-hybridized carbons (Fsp3) is 0.857. The number of nitrogens with zero attached hydrogens (tertiary/aromatic N) is 3. The third-order valence-corrected chi connectivity index (χ3v) is 4.66. The van der Waals surface area contributed by atoms with Gasteiger partial charge in [0.2, 0.25) is 5.89 Å². The normalized spacial score (nSPS) is 30.9. The molecule has 0 aromatic carbocycles. The predicted octanol–water partition coefficient (Wildman–Crippen LogP) is 1.45. The number of hydrogen-bond donors (Lipinski definition) is 1. The molecule has 106 valence electrons. The van der Waals surface area contributed by atoms with E-state index < -0.39 is 0 Å². The van der Waals surface area contributed by atoms with Crippen molar-refractivity contribution in [3.8, 4) is 0 Å². The maximum Gasteiger partial charge on any atom is 0.240 e. The highest BCUT2D eigenvalue weighted by Crippen LogP contribution is 2.32. The van der Waals surface area contributed by atoms with Gasteiger partial charge in [0, 0.05) is 19.0 Å². The van der Waals surface area contributed by atoms with Crippen LogP contribution in [0.15, 0.2) is 4.52 Å². The van der Waals surface area contributed by atoms with E-state index in [0.29, 0.717) is 6.04 Å². The van der Waals surface area contributed by atoms with Gasteiger partial charge in [-0.05, 0) is 38.3 Å². The second-order valence-corrected chi connectivity index (χ2v) is 5.96. The molecule has 2 saturated heterocycles. The topological polar surface area (TPSA) is 54.2 Å². The van der Waals surface area contributed by atoms with Gasteiger partial charge in [-0.1, -0.05) is 18.5 Å². The molecule has 2 fully saturated rings. The Hall–Kier alpha value is -0.940. The standard InChI is InChI=1S/C14H24N4O/c1-3-4-5-13-16-14(19-17-13)9-18-8-11-6-15-7-12(11)10(18)2/h10-12,15H,3-9H2,1-2H3. The van der Waals surface area contributed by atoms with Crippen molar-refractivity contribution in [3.63, 3.8) is 0 Å². The van der Waals surface area contributed by atoms with E-state index in [1.807, 2.05) is 0 Å². The van der Waals surface area contributed by atoms with Gasteiger partial charge in [0.15, 0.2) is 5.82 Å². The fourth-order valence-electron chi connectivity index (χ4n) is 3.43. The minimum Gasteiger partial charge on any atom is -0.338 e. The molecule has 0 saturated carbocycles. The number of aromatic nitrogens is 2. The monoisotopic (exact) mass is 264 g/mol. The van der Waals surface area contributed by atoms with E-state index in [2.05, 4.69) is 34.2 Å². The zero-order valence-electron chi connectivity index (χ0n) is 11.9. The molecule has 3 rings (SSSR count). The summed E-state index contributed by atoms with van der Waals surface area (Å²) in [6.45, 7) is 8.80. The number of fused-ring (bicyclic) bond motifs is 1. The number of hydrogen-bond acceptors (Lipinski definition) is 5. The molecule has 5 heteroatoms. The van der Waals surface area contributed by atoms with Crippen molar-refractivity contribution >= 4 is 0 Å². The lowest BCUT2D eigenvalue weighted by atomic mass is 9.95. The van der Waals surface area contributed by atoms with Crippen LogP contribution in [0.3, 0.4) is 0 Å². The Morgan fingerprint density at radius 2 is 2.32 bits per heavy atom. The van der Waals surface area contributed by atoms with Gasteiger partial charge >= 0.3 is 0 Å². The van der Waals surface area contributed by atoms with Gasteiger partial charge in [0.25, 0.3) is 0 Å². The average molecular weight is 264 g/mol. The number of rotatable bonds is 5. The number of nitrogens with one attached hydrogen (secondary N) is 1. The van der Waals surface area contributed by atoms with E-state index in [0.717, 1.165) is 62.6 Å². The first kappa shape index (κ1) is 13.1. The highest BCUT2D eigenvalue weighted by Gasteiger charge is 2.41. The van der Waals surface area contributed by atoms with E-state index in [1.54, 1.807) is 0 Å². The van der Waals surface area contributed by atoms with Crippen LogP contribution in [-0.2, 0) is 13.0 Å². The molecule has 3 heterocycles. The van der Waals surface area contributed by atoms with E-state index in [1.165, 1.54) is 6.42 Å². The average Bonchev–Trinajstić information content (AvgIpc) is 3.08. The molecule has 19 heavy (non-hydrogen) atoms. The van der Waals surface area contributed by atoms with Crippen molar-refractivity contribution in [1.82, 2.24) is 20.4 Å². The van der Waals surface area contributed by atoms with Crippen molar-refractivity contribution in [2.45, 2.75) is 45.7 Å². The van der Waals surface area contributed by atoms with E-state index in [9.17, 15) is 0 Å². The van der Waals surface area contributed by atoms with Gasteiger partial charge in [-0.2, -0.15) is 4.98 Å². The van der Waals surface area contributed by atoms with Crippen molar-refractivity contribution < 1.29 is 4.52 Å². The predicted molar refractivity (Wildman–Crippen MR) is 72.6 cm³/mol. The first-order valence-corrected chi connectivity index (χ1v) is 7.54. The molecular weight excluding hydrogens is 240 g/mol. The van der Waals surface area contributed by atoms with Gasteiger partial charge in [-0.15, -0.1) is 0 Å². The molecule has 1 aromatic heterocycles. The smallest absolute Gasteiger partial charge is 0.240 e. The quantitative estimate of drug-likeness (QED) is 0.872. The van der Waals surface area contributed by atoms with Crippen LogP contribution < -0.4 is 5.32 Å². The highest BCUT2D eigenvalue weighted by molar-refractivity contribution is 4.98. The van der Waals surface area contributed by atoms with Gasteiger partial charge in [-0.25, -0.2) is 0 Å². The lowest BCUT2D eigenvalue weighted by Gasteiger charge is -2.22. The summed E-state index contributed by atoms with van der Waals surface area (Å²) in [6, 6.07) is 0.617. The van der Waals surface area contributed by atoms with Crippen LogP contribution in [0.1, 0.15) is 38.4 Å². The first-order chi connectivity index (χ1) is 9.28.